The van der Waals surface area contributed by atoms with E-state index in [0.29, 0.717) is 0 Å². The second-order valence-corrected chi connectivity index (χ2v) is 6.96. The standard InChI is InChI=1S/C21H18O2/c1-21(2)19-18-14-8-4-3-7-13(14)11-12-17(18)22-20(19)15-9-5-6-10-16(15)23-21/h3-12,19-20H,1-2H3/t19-,20-/m0/s1. The topological polar surface area (TPSA) is 18.5 Å². The second-order valence-electron chi connectivity index (χ2n) is 6.96. The maximum Gasteiger partial charge on any atom is 0.138 e. The molecule has 2 heteroatoms. The third-order valence-corrected chi connectivity index (χ3v) is 5.15. The van der Waals surface area contributed by atoms with Gasteiger partial charge in [0.05, 0.1) is 5.92 Å². The summed E-state index contributed by atoms with van der Waals surface area (Å²) in [4.78, 5) is 0. The lowest BCUT2D eigenvalue weighted by Gasteiger charge is -2.41. The van der Waals surface area contributed by atoms with E-state index in [0.717, 1.165) is 17.1 Å². The van der Waals surface area contributed by atoms with E-state index in [2.05, 4.69) is 62.4 Å². The smallest absolute Gasteiger partial charge is 0.138 e. The monoisotopic (exact) mass is 302 g/mol. The van der Waals surface area contributed by atoms with Crippen molar-refractivity contribution in [3.8, 4) is 11.5 Å². The van der Waals surface area contributed by atoms with Crippen molar-refractivity contribution in [3.05, 3.63) is 71.8 Å². The van der Waals surface area contributed by atoms with Gasteiger partial charge in [0.2, 0.25) is 0 Å². The van der Waals surface area contributed by atoms with E-state index in [-0.39, 0.29) is 17.6 Å². The molecule has 2 heterocycles. The van der Waals surface area contributed by atoms with Gasteiger partial charge in [-0.05, 0) is 36.8 Å². The molecule has 2 aliphatic rings. The van der Waals surface area contributed by atoms with Crippen LogP contribution in [0.4, 0.5) is 0 Å². The van der Waals surface area contributed by atoms with Crippen LogP contribution in [0.1, 0.15) is 37.0 Å². The highest BCUT2D eigenvalue weighted by atomic mass is 16.5. The average molecular weight is 302 g/mol. The molecule has 23 heavy (non-hydrogen) atoms. The molecule has 0 fully saturated rings. The first-order valence-corrected chi connectivity index (χ1v) is 8.11. The van der Waals surface area contributed by atoms with E-state index in [9.17, 15) is 0 Å². The summed E-state index contributed by atoms with van der Waals surface area (Å²) in [5.41, 5.74) is 2.12. The Hall–Kier alpha value is -2.48. The number of para-hydroxylation sites is 1. The second kappa shape index (κ2) is 4.29. The van der Waals surface area contributed by atoms with Crippen LogP contribution < -0.4 is 9.47 Å². The largest absolute Gasteiger partial charge is 0.487 e. The van der Waals surface area contributed by atoms with Crippen LogP contribution in [-0.4, -0.2) is 5.60 Å². The molecular formula is C21H18O2. The molecule has 0 aliphatic carbocycles. The Morgan fingerprint density at radius 3 is 2.52 bits per heavy atom. The first-order chi connectivity index (χ1) is 11.1. The number of fused-ring (bicyclic) bond motifs is 7. The maximum atomic E-state index is 6.40. The molecule has 3 aromatic carbocycles. The summed E-state index contributed by atoms with van der Waals surface area (Å²) in [5.74, 6) is 2.13. The van der Waals surface area contributed by atoms with Gasteiger partial charge in [-0.15, -0.1) is 0 Å². The van der Waals surface area contributed by atoms with Crippen molar-refractivity contribution in [1.82, 2.24) is 0 Å². The third-order valence-electron chi connectivity index (χ3n) is 5.15. The van der Waals surface area contributed by atoms with Crippen molar-refractivity contribution in [1.29, 1.82) is 0 Å². The number of ether oxygens (including phenoxy) is 2. The fourth-order valence-electron chi connectivity index (χ4n) is 4.17. The van der Waals surface area contributed by atoms with Crippen molar-refractivity contribution in [2.24, 2.45) is 0 Å². The molecule has 0 amide bonds. The van der Waals surface area contributed by atoms with Crippen LogP contribution >= 0.6 is 0 Å². The summed E-state index contributed by atoms with van der Waals surface area (Å²) in [6.07, 6.45) is 0.0238. The first-order valence-electron chi connectivity index (χ1n) is 8.11. The van der Waals surface area contributed by atoms with Gasteiger partial charge < -0.3 is 9.47 Å². The van der Waals surface area contributed by atoms with Gasteiger partial charge in [0.1, 0.15) is 23.2 Å². The summed E-state index contributed by atoms with van der Waals surface area (Å²) in [6, 6.07) is 21.0. The first kappa shape index (κ1) is 13.0. The van der Waals surface area contributed by atoms with Gasteiger partial charge in [-0.1, -0.05) is 48.5 Å². The van der Waals surface area contributed by atoms with Crippen LogP contribution in [0.3, 0.4) is 0 Å². The molecule has 0 saturated heterocycles. The van der Waals surface area contributed by atoms with E-state index >= 15 is 0 Å². The lowest BCUT2D eigenvalue weighted by Crippen LogP contribution is -2.42. The maximum absolute atomic E-state index is 6.40. The van der Waals surface area contributed by atoms with Crippen LogP contribution in [-0.2, 0) is 0 Å². The van der Waals surface area contributed by atoms with Crippen molar-refractivity contribution >= 4 is 10.8 Å². The van der Waals surface area contributed by atoms with Gasteiger partial charge in [-0.3, -0.25) is 0 Å². The number of benzene rings is 3. The molecule has 0 aromatic heterocycles. The zero-order valence-electron chi connectivity index (χ0n) is 13.2. The van der Waals surface area contributed by atoms with Crippen LogP contribution in [0, 0.1) is 0 Å². The van der Waals surface area contributed by atoms with E-state index in [1.54, 1.807) is 0 Å². The average Bonchev–Trinajstić information content (AvgIpc) is 2.96. The van der Waals surface area contributed by atoms with E-state index in [1.165, 1.54) is 16.3 Å². The summed E-state index contributed by atoms with van der Waals surface area (Å²) in [5, 5.41) is 2.53. The lowest BCUT2D eigenvalue weighted by molar-refractivity contribution is 0.0133. The Balaban J connectivity index is 1.80. The molecule has 0 spiro atoms. The van der Waals surface area contributed by atoms with Crippen molar-refractivity contribution in [2.75, 3.05) is 0 Å². The summed E-state index contributed by atoms with van der Waals surface area (Å²) >= 11 is 0. The molecule has 0 saturated carbocycles. The highest BCUT2D eigenvalue weighted by molar-refractivity contribution is 5.89. The Morgan fingerprint density at radius 2 is 1.61 bits per heavy atom. The van der Waals surface area contributed by atoms with Crippen LogP contribution in [0.2, 0.25) is 0 Å². The molecule has 3 aromatic rings. The summed E-state index contributed by atoms with van der Waals surface area (Å²) in [7, 11) is 0. The Bertz CT molecular complexity index is 926. The van der Waals surface area contributed by atoms with Crippen molar-refractivity contribution in [3.63, 3.8) is 0 Å². The van der Waals surface area contributed by atoms with E-state index in [4.69, 9.17) is 9.47 Å². The molecule has 2 atom stereocenters. The van der Waals surface area contributed by atoms with Gasteiger partial charge in [-0.25, -0.2) is 0 Å². The third kappa shape index (κ3) is 1.69. The molecular weight excluding hydrogens is 284 g/mol. The van der Waals surface area contributed by atoms with Gasteiger partial charge in [0, 0.05) is 11.1 Å². The predicted octanol–water partition coefficient (Wildman–Crippen LogP) is 5.23. The van der Waals surface area contributed by atoms with Crippen LogP contribution in [0.5, 0.6) is 11.5 Å². The quantitative estimate of drug-likeness (QED) is 0.566. The van der Waals surface area contributed by atoms with E-state index < -0.39 is 0 Å². The lowest BCUT2D eigenvalue weighted by atomic mass is 9.76. The fraction of sp³-hybridized carbons (Fsp3) is 0.238. The van der Waals surface area contributed by atoms with E-state index in [1.807, 2.05) is 12.1 Å². The van der Waals surface area contributed by atoms with Gasteiger partial charge in [0.25, 0.3) is 0 Å². The number of hydrogen-bond acceptors (Lipinski definition) is 2. The molecule has 0 radical (unpaired) electrons. The Kier molecular flexibility index (Phi) is 2.42. The fourth-order valence-corrected chi connectivity index (χ4v) is 4.17. The molecule has 0 N–H and O–H groups in total. The summed E-state index contributed by atoms with van der Waals surface area (Å²) in [6.45, 7) is 4.34. The van der Waals surface area contributed by atoms with Crippen LogP contribution in [0.25, 0.3) is 10.8 Å². The van der Waals surface area contributed by atoms with Gasteiger partial charge in [-0.2, -0.15) is 0 Å². The molecule has 0 unspecified atom stereocenters. The van der Waals surface area contributed by atoms with Gasteiger partial charge in [0.15, 0.2) is 0 Å². The normalized spacial score (nSPS) is 23.4. The number of rotatable bonds is 0. The molecule has 2 aliphatic heterocycles. The zero-order valence-corrected chi connectivity index (χ0v) is 13.2. The Labute approximate surface area is 135 Å². The molecule has 114 valence electrons. The SMILES string of the molecule is CC1(C)Oc2ccccc2[C@@H]2Oc3ccc4ccccc4c3[C@@H]21. The molecule has 2 nitrogen and oxygen atoms in total. The molecule has 5 rings (SSSR count). The van der Waals surface area contributed by atoms with Crippen molar-refractivity contribution < 1.29 is 9.47 Å². The van der Waals surface area contributed by atoms with Crippen molar-refractivity contribution in [2.45, 2.75) is 31.5 Å². The highest BCUT2D eigenvalue weighted by Crippen LogP contribution is 2.58. The highest BCUT2D eigenvalue weighted by Gasteiger charge is 2.51. The zero-order chi connectivity index (χ0) is 15.6. The minimum absolute atomic E-state index is 0.0238. The minimum atomic E-state index is -0.311. The summed E-state index contributed by atoms with van der Waals surface area (Å²) < 4.78 is 12.8. The Morgan fingerprint density at radius 1 is 0.826 bits per heavy atom. The number of hydrogen-bond donors (Lipinski definition) is 0. The minimum Gasteiger partial charge on any atom is -0.487 e. The van der Waals surface area contributed by atoms with Crippen LogP contribution in [0.15, 0.2) is 60.7 Å². The predicted molar refractivity (Wildman–Crippen MR) is 91.2 cm³/mol. The van der Waals surface area contributed by atoms with Gasteiger partial charge >= 0.3 is 0 Å². The molecule has 0 bridgehead atoms.